The van der Waals surface area contributed by atoms with E-state index in [0.29, 0.717) is 17.8 Å². The van der Waals surface area contributed by atoms with Crippen LogP contribution in [0.15, 0.2) is 4.52 Å². The van der Waals surface area contributed by atoms with Gasteiger partial charge in [-0.05, 0) is 32.9 Å². The lowest BCUT2D eigenvalue weighted by Crippen LogP contribution is -2.39. The zero-order valence-electron chi connectivity index (χ0n) is 13.5. The zero-order valence-corrected chi connectivity index (χ0v) is 13.5. The fourth-order valence-corrected chi connectivity index (χ4v) is 2.67. The van der Waals surface area contributed by atoms with Crippen molar-refractivity contribution in [2.75, 3.05) is 32.8 Å². The Hall–Kier alpha value is -0.980. The number of hydrogen-bond acceptors (Lipinski definition) is 6. The van der Waals surface area contributed by atoms with Crippen LogP contribution < -0.4 is 5.32 Å². The Kier molecular flexibility index (Phi) is 6.60. The first-order valence-electron chi connectivity index (χ1n) is 8.12. The van der Waals surface area contributed by atoms with Gasteiger partial charge in [0, 0.05) is 25.6 Å². The van der Waals surface area contributed by atoms with Crippen molar-refractivity contribution in [3.63, 3.8) is 0 Å². The van der Waals surface area contributed by atoms with Gasteiger partial charge in [0.2, 0.25) is 11.7 Å². The van der Waals surface area contributed by atoms with E-state index in [9.17, 15) is 0 Å². The van der Waals surface area contributed by atoms with E-state index >= 15 is 0 Å². The lowest BCUT2D eigenvalue weighted by atomic mass is 10.2. The van der Waals surface area contributed by atoms with Crippen LogP contribution in [0.5, 0.6) is 0 Å². The molecule has 0 radical (unpaired) electrons. The highest BCUT2D eigenvalue weighted by Gasteiger charge is 2.25. The fraction of sp³-hybridized carbons (Fsp3) is 0.867. The van der Waals surface area contributed by atoms with Crippen molar-refractivity contribution in [2.45, 2.75) is 52.2 Å². The molecule has 0 bridgehead atoms. The molecule has 6 nitrogen and oxygen atoms in total. The van der Waals surface area contributed by atoms with Gasteiger partial charge in [-0.3, -0.25) is 4.90 Å². The SMILES string of the molecule is CCCN1CCOC(c2noc(CCC(C)NCC)n2)C1. The third-order valence-corrected chi connectivity index (χ3v) is 3.81. The predicted octanol–water partition coefficient (Wildman–Crippen LogP) is 1.78. The molecule has 1 fully saturated rings. The van der Waals surface area contributed by atoms with Crippen LogP contribution >= 0.6 is 0 Å². The summed E-state index contributed by atoms with van der Waals surface area (Å²) in [7, 11) is 0. The number of ether oxygens (including phenoxy) is 1. The van der Waals surface area contributed by atoms with Crippen LogP contribution in [0.25, 0.3) is 0 Å². The summed E-state index contributed by atoms with van der Waals surface area (Å²) >= 11 is 0. The molecule has 0 amide bonds. The van der Waals surface area contributed by atoms with Gasteiger partial charge in [-0.25, -0.2) is 0 Å². The van der Waals surface area contributed by atoms with E-state index < -0.39 is 0 Å². The monoisotopic (exact) mass is 296 g/mol. The minimum atomic E-state index is -0.0472. The van der Waals surface area contributed by atoms with Crippen LogP contribution in [0.3, 0.4) is 0 Å². The summed E-state index contributed by atoms with van der Waals surface area (Å²) in [5.74, 6) is 1.41. The Morgan fingerprint density at radius 1 is 1.43 bits per heavy atom. The van der Waals surface area contributed by atoms with Gasteiger partial charge in [0.1, 0.15) is 6.10 Å². The van der Waals surface area contributed by atoms with Gasteiger partial charge < -0.3 is 14.6 Å². The average molecular weight is 296 g/mol. The second-order valence-corrected chi connectivity index (χ2v) is 5.70. The number of aromatic nitrogens is 2. The van der Waals surface area contributed by atoms with Crippen molar-refractivity contribution in [2.24, 2.45) is 0 Å². The minimum absolute atomic E-state index is 0.0472. The summed E-state index contributed by atoms with van der Waals surface area (Å²) in [6.07, 6.45) is 2.93. The van der Waals surface area contributed by atoms with Crippen LogP contribution in [0.2, 0.25) is 0 Å². The quantitative estimate of drug-likeness (QED) is 0.789. The zero-order chi connectivity index (χ0) is 15.1. The number of nitrogens with zero attached hydrogens (tertiary/aromatic N) is 3. The van der Waals surface area contributed by atoms with E-state index in [0.717, 1.165) is 52.0 Å². The minimum Gasteiger partial charge on any atom is -0.367 e. The molecule has 0 aromatic carbocycles. The summed E-state index contributed by atoms with van der Waals surface area (Å²) in [6.45, 7) is 11.2. The second kappa shape index (κ2) is 8.46. The maximum absolute atomic E-state index is 5.78. The highest BCUT2D eigenvalue weighted by molar-refractivity contribution is 4.94. The normalized spacial score (nSPS) is 21.6. The van der Waals surface area contributed by atoms with Crippen molar-refractivity contribution in [3.05, 3.63) is 11.7 Å². The predicted molar refractivity (Wildman–Crippen MR) is 81.2 cm³/mol. The van der Waals surface area contributed by atoms with Crippen LogP contribution in [0.1, 0.15) is 51.4 Å². The summed E-state index contributed by atoms with van der Waals surface area (Å²) < 4.78 is 11.1. The number of hydrogen-bond donors (Lipinski definition) is 1. The van der Waals surface area contributed by atoms with Crippen molar-refractivity contribution >= 4 is 0 Å². The van der Waals surface area contributed by atoms with E-state index in [4.69, 9.17) is 9.26 Å². The van der Waals surface area contributed by atoms with Gasteiger partial charge in [0.05, 0.1) is 6.61 Å². The third kappa shape index (κ3) is 5.05. The number of nitrogens with one attached hydrogen (secondary N) is 1. The molecule has 1 aromatic heterocycles. The molecule has 1 aliphatic heterocycles. The summed E-state index contributed by atoms with van der Waals surface area (Å²) in [5.41, 5.74) is 0. The molecule has 1 aliphatic rings. The van der Waals surface area contributed by atoms with E-state index in [2.05, 4.69) is 41.1 Å². The van der Waals surface area contributed by atoms with Gasteiger partial charge in [0.15, 0.2) is 0 Å². The first kappa shape index (κ1) is 16.4. The first-order chi connectivity index (χ1) is 10.2. The second-order valence-electron chi connectivity index (χ2n) is 5.70. The van der Waals surface area contributed by atoms with E-state index in [1.54, 1.807) is 0 Å². The molecule has 0 aliphatic carbocycles. The molecule has 2 unspecified atom stereocenters. The molecule has 6 heteroatoms. The Bertz CT molecular complexity index is 408. The molecule has 2 atom stereocenters. The van der Waals surface area contributed by atoms with E-state index in [1.165, 1.54) is 0 Å². The lowest BCUT2D eigenvalue weighted by molar-refractivity contribution is -0.0350. The highest BCUT2D eigenvalue weighted by atomic mass is 16.5. The molecule has 21 heavy (non-hydrogen) atoms. The summed E-state index contributed by atoms with van der Waals surface area (Å²) in [5, 5.41) is 7.48. The molecule has 2 heterocycles. The maximum Gasteiger partial charge on any atom is 0.226 e. The third-order valence-electron chi connectivity index (χ3n) is 3.81. The van der Waals surface area contributed by atoms with Crippen LogP contribution in [-0.2, 0) is 11.2 Å². The Morgan fingerprint density at radius 3 is 3.05 bits per heavy atom. The van der Waals surface area contributed by atoms with Crippen molar-refractivity contribution < 1.29 is 9.26 Å². The van der Waals surface area contributed by atoms with Gasteiger partial charge >= 0.3 is 0 Å². The molecule has 2 rings (SSSR count). The molecular weight excluding hydrogens is 268 g/mol. The fourth-order valence-electron chi connectivity index (χ4n) is 2.67. The highest BCUT2D eigenvalue weighted by Crippen LogP contribution is 2.20. The first-order valence-corrected chi connectivity index (χ1v) is 8.12. The van der Waals surface area contributed by atoms with E-state index in [-0.39, 0.29) is 6.10 Å². The van der Waals surface area contributed by atoms with Crippen molar-refractivity contribution in [3.8, 4) is 0 Å². The summed E-state index contributed by atoms with van der Waals surface area (Å²) in [6, 6.07) is 0.469. The Morgan fingerprint density at radius 2 is 2.29 bits per heavy atom. The Labute approximate surface area is 127 Å². The topological polar surface area (TPSA) is 63.4 Å². The average Bonchev–Trinajstić information content (AvgIpc) is 2.95. The largest absolute Gasteiger partial charge is 0.367 e. The van der Waals surface area contributed by atoms with Gasteiger partial charge in [-0.1, -0.05) is 19.0 Å². The molecule has 1 saturated heterocycles. The maximum atomic E-state index is 5.78. The van der Waals surface area contributed by atoms with E-state index in [1.807, 2.05) is 0 Å². The molecule has 1 aromatic rings. The van der Waals surface area contributed by atoms with Crippen molar-refractivity contribution in [1.29, 1.82) is 0 Å². The smallest absolute Gasteiger partial charge is 0.226 e. The van der Waals surface area contributed by atoms with Gasteiger partial charge in [-0.15, -0.1) is 0 Å². The van der Waals surface area contributed by atoms with Crippen LogP contribution in [0, 0.1) is 0 Å². The van der Waals surface area contributed by atoms with Gasteiger partial charge in [0.25, 0.3) is 0 Å². The molecule has 0 spiro atoms. The number of morpholine rings is 1. The van der Waals surface area contributed by atoms with Gasteiger partial charge in [-0.2, -0.15) is 4.98 Å². The lowest BCUT2D eigenvalue weighted by Gasteiger charge is -2.30. The molecule has 120 valence electrons. The van der Waals surface area contributed by atoms with Crippen molar-refractivity contribution in [1.82, 2.24) is 20.4 Å². The summed E-state index contributed by atoms with van der Waals surface area (Å²) in [4.78, 5) is 6.90. The number of aryl methyl sites for hydroxylation is 1. The van der Waals surface area contributed by atoms with Crippen LogP contribution in [-0.4, -0.2) is 53.9 Å². The van der Waals surface area contributed by atoms with Crippen LogP contribution in [0.4, 0.5) is 0 Å². The Balaban J connectivity index is 1.84. The molecular formula is C15H28N4O2. The number of rotatable bonds is 8. The molecule has 0 saturated carbocycles. The molecule has 1 N–H and O–H groups in total. The standard InChI is InChI=1S/C15H28N4O2/c1-4-8-19-9-10-20-13(11-19)15-17-14(21-18-15)7-6-12(3)16-5-2/h12-13,16H,4-11H2,1-3H3.